The Morgan fingerprint density at radius 1 is 1.70 bits per heavy atom. The molecule has 2 heterocycles. The number of amides is 1. The van der Waals surface area contributed by atoms with Crippen molar-refractivity contribution in [3.05, 3.63) is 11.9 Å². The number of ether oxygens (including phenoxy) is 1. The van der Waals surface area contributed by atoms with Gasteiger partial charge in [-0.05, 0) is 19.1 Å². The van der Waals surface area contributed by atoms with E-state index in [1.54, 1.807) is 18.0 Å². The lowest BCUT2D eigenvalue weighted by Crippen LogP contribution is -2.43. The van der Waals surface area contributed by atoms with E-state index in [4.69, 9.17) is 10.5 Å². The number of aryl methyl sites for hydroxylation is 1. The van der Waals surface area contributed by atoms with Gasteiger partial charge >= 0.3 is 0 Å². The zero-order chi connectivity index (χ0) is 14.5. The van der Waals surface area contributed by atoms with Gasteiger partial charge in [-0.15, -0.1) is 0 Å². The van der Waals surface area contributed by atoms with Gasteiger partial charge in [-0.1, -0.05) is 0 Å². The van der Waals surface area contributed by atoms with Gasteiger partial charge in [0.05, 0.1) is 18.5 Å². The summed E-state index contributed by atoms with van der Waals surface area (Å²) in [4.78, 5) is 14.7. The molecular weight excluding hydrogens is 276 g/mol. The molecule has 1 unspecified atom stereocenters. The fourth-order valence-electron chi connectivity index (χ4n) is 2.42. The van der Waals surface area contributed by atoms with Crippen molar-refractivity contribution in [1.29, 1.82) is 0 Å². The van der Waals surface area contributed by atoms with Gasteiger partial charge in [0.25, 0.3) is 5.91 Å². The summed E-state index contributed by atoms with van der Waals surface area (Å²) in [7, 11) is 1.65. The first kappa shape index (κ1) is 15.2. The molecule has 1 saturated heterocycles. The zero-order valence-corrected chi connectivity index (χ0v) is 12.9. The maximum atomic E-state index is 12.8. The van der Waals surface area contributed by atoms with E-state index in [2.05, 4.69) is 5.10 Å². The summed E-state index contributed by atoms with van der Waals surface area (Å²) in [6, 6.07) is 0.266. The highest BCUT2D eigenvalue weighted by atomic mass is 32.2. The number of aromatic nitrogens is 2. The number of carbonyl (C=O) groups is 1. The highest BCUT2D eigenvalue weighted by Gasteiger charge is 2.30. The molecule has 2 rings (SSSR count). The average molecular weight is 298 g/mol. The number of thioether (sulfide) groups is 1. The normalized spacial score (nSPS) is 18.4. The molecule has 1 aliphatic heterocycles. The van der Waals surface area contributed by atoms with Crippen molar-refractivity contribution in [3.63, 3.8) is 0 Å². The average Bonchev–Trinajstić information content (AvgIpc) is 3.08. The van der Waals surface area contributed by atoms with Crippen LogP contribution in [0.25, 0.3) is 0 Å². The highest BCUT2D eigenvalue weighted by molar-refractivity contribution is 7.99. The smallest absolute Gasteiger partial charge is 0.274 e. The second-order valence-electron chi connectivity index (χ2n) is 4.77. The molecule has 0 saturated carbocycles. The van der Waals surface area contributed by atoms with Crippen LogP contribution in [0.4, 0.5) is 5.69 Å². The summed E-state index contributed by atoms with van der Waals surface area (Å²) >= 11 is 1.88. The topological polar surface area (TPSA) is 73.4 Å². The molecule has 20 heavy (non-hydrogen) atoms. The molecule has 0 radical (unpaired) electrons. The number of anilines is 1. The van der Waals surface area contributed by atoms with Crippen LogP contribution in [0.5, 0.6) is 0 Å². The molecule has 7 heteroatoms. The first-order valence-corrected chi connectivity index (χ1v) is 8.03. The maximum Gasteiger partial charge on any atom is 0.274 e. The summed E-state index contributed by atoms with van der Waals surface area (Å²) in [5.41, 5.74) is 6.87. The lowest BCUT2D eigenvalue weighted by molar-refractivity contribution is 0.0613. The first-order chi connectivity index (χ1) is 9.69. The third-order valence-corrected chi connectivity index (χ3v) is 4.66. The summed E-state index contributed by atoms with van der Waals surface area (Å²) in [6.07, 6.45) is 2.58. The molecule has 0 aromatic carbocycles. The summed E-state index contributed by atoms with van der Waals surface area (Å²) in [5, 5.41) is 4.15. The Bertz CT molecular complexity index is 457. The quantitative estimate of drug-likeness (QED) is 0.850. The molecule has 1 fully saturated rings. The lowest BCUT2D eigenvalue weighted by atomic mass is 10.2. The monoisotopic (exact) mass is 298 g/mol. The fourth-order valence-corrected chi connectivity index (χ4v) is 3.64. The van der Waals surface area contributed by atoms with Gasteiger partial charge in [0.2, 0.25) is 0 Å². The molecule has 0 aliphatic carbocycles. The minimum Gasteiger partial charge on any atom is -0.396 e. The molecule has 1 amide bonds. The van der Waals surface area contributed by atoms with Gasteiger partial charge in [0.15, 0.2) is 0 Å². The van der Waals surface area contributed by atoms with Gasteiger partial charge in [-0.3, -0.25) is 9.48 Å². The molecule has 1 atom stereocenters. The number of hydrogen-bond acceptors (Lipinski definition) is 5. The number of nitrogens with zero attached hydrogens (tertiary/aromatic N) is 3. The SMILES string of the molecule is CCn1ncc(N)c1C(=O)N(CCOC)C1CCSC1. The predicted octanol–water partition coefficient (Wildman–Crippen LogP) is 1.08. The molecule has 1 aromatic rings. The molecule has 1 aliphatic rings. The van der Waals surface area contributed by atoms with E-state index in [0.29, 0.717) is 31.1 Å². The van der Waals surface area contributed by atoms with Crippen molar-refractivity contribution >= 4 is 23.4 Å². The Labute approximate surface area is 123 Å². The van der Waals surface area contributed by atoms with E-state index in [1.165, 1.54) is 0 Å². The van der Waals surface area contributed by atoms with Crippen molar-refractivity contribution in [2.45, 2.75) is 25.9 Å². The molecule has 112 valence electrons. The van der Waals surface area contributed by atoms with E-state index in [-0.39, 0.29) is 11.9 Å². The predicted molar refractivity (Wildman–Crippen MR) is 81.0 cm³/mol. The van der Waals surface area contributed by atoms with E-state index >= 15 is 0 Å². The van der Waals surface area contributed by atoms with Crippen molar-refractivity contribution in [2.24, 2.45) is 0 Å². The second-order valence-corrected chi connectivity index (χ2v) is 5.92. The van der Waals surface area contributed by atoms with Crippen LogP contribution in [0, 0.1) is 0 Å². The number of nitrogens with two attached hydrogens (primary N) is 1. The van der Waals surface area contributed by atoms with Crippen LogP contribution < -0.4 is 5.73 Å². The summed E-state index contributed by atoms with van der Waals surface area (Å²) in [6.45, 7) is 3.71. The standard InChI is InChI=1S/C13H22N4O2S/c1-3-17-12(11(14)8-15-17)13(18)16(5-6-19-2)10-4-7-20-9-10/h8,10H,3-7,9,14H2,1-2H3. The fraction of sp³-hybridized carbons (Fsp3) is 0.692. The van der Waals surface area contributed by atoms with E-state index < -0.39 is 0 Å². The van der Waals surface area contributed by atoms with Crippen LogP contribution in [-0.4, -0.2) is 58.4 Å². The second kappa shape index (κ2) is 6.99. The number of rotatable bonds is 6. The van der Waals surface area contributed by atoms with Gasteiger partial charge in [0.1, 0.15) is 5.69 Å². The molecular formula is C13H22N4O2S. The van der Waals surface area contributed by atoms with Crippen LogP contribution in [-0.2, 0) is 11.3 Å². The summed E-state index contributed by atoms with van der Waals surface area (Å²) in [5.74, 6) is 2.05. The van der Waals surface area contributed by atoms with Crippen LogP contribution >= 0.6 is 11.8 Å². The molecule has 1 aromatic heterocycles. The zero-order valence-electron chi connectivity index (χ0n) is 12.0. The molecule has 0 bridgehead atoms. The van der Waals surface area contributed by atoms with Crippen LogP contribution in [0.3, 0.4) is 0 Å². The van der Waals surface area contributed by atoms with Crippen molar-refractivity contribution < 1.29 is 9.53 Å². The minimum atomic E-state index is -0.0357. The Kier molecular flexibility index (Phi) is 5.31. The molecule has 6 nitrogen and oxygen atoms in total. The number of hydrogen-bond donors (Lipinski definition) is 1. The van der Waals surface area contributed by atoms with Crippen LogP contribution in [0.2, 0.25) is 0 Å². The van der Waals surface area contributed by atoms with Crippen molar-refractivity contribution in [1.82, 2.24) is 14.7 Å². The third-order valence-electron chi connectivity index (χ3n) is 3.51. The summed E-state index contributed by atoms with van der Waals surface area (Å²) < 4.78 is 6.80. The number of methoxy groups -OCH3 is 1. The lowest BCUT2D eigenvalue weighted by Gasteiger charge is -2.28. The highest BCUT2D eigenvalue weighted by Crippen LogP contribution is 2.25. The van der Waals surface area contributed by atoms with E-state index in [9.17, 15) is 4.79 Å². The third kappa shape index (κ3) is 3.09. The Morgan fingerprint density at radius 3 is 3.10 bits per heavy atom. The van der Waals surface area contributed by atoms with Gasteiger partial charge in [0, 0.05) is 32.0 Å². The Hall–Kier alpha value is -1.21. The first-order valence-electron chi connectivity index (χ1n) is 6.88. The van der Waals surface area contributed by atoms with Gasteiger partial charge < -0.3 is 15.4 Å². The molecule has 0 spiro atoms. The van der Waals surface area contributed by atoms with E-state index in [1.807, 2.05) is 23.6 Å². The maximum absolute atomic E-state index is 12.8. The Morgan fingerprint density at radius 2 is 2.50 bits per heavy atom. The van der Waals surface area contributed by atoms with Crippen molar-refractivity contribution in [2.75, 3.05) is 37.5 Å². The van der Waals surface area contributed by atoms with Crippen molar-refractivity contribution in [3.8, 4) is 0 Å². The Balaban J connectivity index is 2.22. The van der Waals surface area contributed by atoms with Crippen LogP contribution in [0.15, 0.2) is 6.20 Å². The van der Waals surface area contributed by atoms with E-state index in [0.717, 1.165) is 17.9 Å². The van der Waals surface area contributed by atoms with Gasteiger partial charge in [-0.2, -0.15) is 16.9 Å². The van der Waals surface area contributed by atoms with Gasteiger partial charge in [-0.25, -0.2) is 0 Å². The number of nitrogen functional groups attached to an aromatic ring is 1. The minimum absolute atomic E-state index is 0.0357. The largest absolute Gasteiger partial charge is 0.396 e. The van der Waals surface area contributed by atoms with Crippen LogP contribution in [0.1, 0.15) is 23.8 Å². The molecule has 2 N–H and O–H groups in total. The number of carbonyl (C=O) groups excluding carboxylic acids is 1.